The molecule has 7 heteroatoms. The summed E-state index contributed by atoms with van der Waals surface area (Å²) in [6.07, 6.45) is 0. The maximum atomic E-state index is 12.6. The largest absolute Gasteiger partial charge is 0.437 e. The molecule has 2 aromatic carbocycles. The molecule has 0 saturated carbocycles. The molecule has 2 amide bonds. The molecule has 0 bridgehead atoms. The minimum atomic E-state index is -0.589. The molecule has 3 rings (SSSR count). The zero-order chi connectivity index (χ0) is 21.7. The van der Waals surface area contributed by atoms with Crippen LogP contribution in [0.1, 0.15) is 36.7 Å². The van der Waals surface area contributed by atoms with Gasteiger partial charge in [0.1, 0.15) is 11.1 Å². The van der Waals surface area contributed by atoms with E-state index >= 15 is 0 Å². The SMILES string of the molecule is CCN(CC)c1ccc2cc(C(=O)NC(C)=O)c(=Nc3ccc(C#N)cc3)oc2c1. The van der Waals surface area contributed by atoms with Gasteiger partial charge in [-0.25, -0.2) is 4.99 Å². The Morgan fingerprint density at radius 1 is 1.10 bits per heavy atom. The average Bonchev–Trinajstić information content (AvgIpc) is 2.74. The van der Waals surface area contributed by atoms with Gasteiger partial charge in [-0.15, -0.1) is 0 Å². The highest BCUT2D eigenvalue weighted by molar-refractivity contribution is 6.05. The molecule has 0 saturated heterocycles. The van der Waals surface area contributed by atoms with Crippen molar-refractivity contribution in [3.63, 3.8) is 0 Å². The van der Waals surface area contributed by atoms with E-state index in [4.69, 9.17) is 9.68 Å². The number of benzene rings is 2. The predicted molar refractivity (Wildman–Crippen MR) is 114 cm³/mol. The van der Waals surface area contributed by atoms with Crippen LogP contribution < -0.4 is 15.8 Å². The molecule has 0 radical (unpaired) electrons. The number of hydrogen-bond donors (Lipinski definition) is 1. The number of rotatable bonds is 5. The Balaban J connectivity index is 2.20. The lowest BCUT2D eigenvalue weighted by atomic mass is 10.1. The van der Waals surface area contributed by atoms with Crippen LogP contribution in [0, 0.1) is 11.3 Å². The molecule has 0 aliphatic heterocycles. The number of imide groups is 1. The lowest BCUT2D eigenvalue weighted by Crippen LogP contribution is -2.32. The van der Waals surface area contributed by atoms with Crippen LogP contribution in [-0.2, 0) is 4.79 Å². The summed E-state index contributed by atoms with van der Waals surface area (Å²) in [7, 11) is 0. The number of anilines is 1. The second kappa shape index (κ2) is 9.05. The summed E-state index contributed by atoms with van der Waals surface area (Å²) in [6, 6.07) is 16.1. The minimum Gasteiger partial charge on any atom is -0.437 e. The van der Waals surface area contributed by atoms with Crippen molar-refractivity contribution >= 4 is 34.2 Å². The van der Waals surface area contributed by atoms with E-state index in [2.05, 4.69) is 29.1 Å². The highest BCUT2D eigenvalue weighted by Crippen LogP contribution is 2.22. The van der Waals surface area contributed by atoms with Gasteiger partial charge in [0.15, 0.2) is 0 Å². The zero-order valence-corrected chi connectivity index (χ0v) is 17.1. The second-order valence-corrected chi connectivity index (χ2v) is 6.64. The van der Waals surface area contributed by atoms with Crippen LogP contribution in [-0.4, -0.2) is 24.9 Å². The van der Waals surface area contributed by atoms with E-state index < -0.39 is 11.8 Å². The summed E-state index contributed by atoms with van der Waals surface area (Å²) >= 11 is 0. The number of nitriles is 1. The van der Waals surface area contributed by atoms with Crippen molar-refractivity contribution in [3.8, 4) is 6.07 Å². The molecular weight excluding hydrogens is 380 g/mol. The Morgan fingerprint density at radius 2 is 1.80 bits per heavy atom. The molecule has 0 fully saturated rings. The zero-order valence-electron chi connectivity index (χ0n) is 17.1. The molecule has 152 valence electrons. The van der Waals surface area contributed by atoms with Gasteiger partial charge in [0.05, 0.1) is 17.3 Å². The molecular formula is C23H22N4O3. The van der Waals surface area contributed by atoms with Gasteiger partial charge in [0.2, 0.25) is 11.5 Å². The minimum absolute atomic E-state index is 0.0858. The van der Waals surface area contributed by atoms with Gasteiger partial charge in [-0.2, -0.15) is 5.26 Å². The second-order valence-electron chi connectivity index (χ2n) is 6.64. The van der Waals surface area contributed by atoms with Gasteiger partial charge < -0.3 is 9.32 Å². The molecule has 0 aliphatic carbocycles. The van der Waals surface area contributed by atoms with Crippen LogP contribution in [0.5, 0.6) is 0 Å². The van der Waals surface area contributed by atoms with Crippen LogP contribution in [0.2, 0.25) is 0 Å². The Morgan fingerprint density at radius 3 is 2.40 bits per heavy atom. The quantitative estimate of drug-likeness (QED) is 0.702. The molecule has 1 heterocycles. The molecule has 0 aliphatic rings. The maximum Gasteiger partial charge on any atom is 0.263 e. The van der Waals surface area contributed by atoms with Crippen LogP contribution in [0.25, 0.3) is 11.0 Å². The summed E-state index contributed by atoms with van der Waals surface area (Å²) in [5.74, 6) is -1.06. The molecule has 7 nitrogen and oxygen atoms in total. The molecule has 0 atom stereocenters. The first kappa shape index (κ1) is 20.8. The average molecular weight is 402 g/mol. The highest BCUT2D eigenvalue weighted by Gasteiger charge is 2.15. The molecule has 0 spiro atoms. The summed E-state index contributed by atoms with van der Waals surface area (Å²) in [6.45, 7) is 7.12. The van der Waals surface area contributed by atoms with E-state index in [1.807, 2.05) is 24.3 Å². The van der Waals surface area contributed by atoms with Gasteiger partial charge in [0.25, 0.3) is 5.91 Å². The Labute approximate surface area is 174 Å². The van der Waals surface area contributed by atoms with Gasteiger partial charge in [-0.05, 0) is 56.3 Å². The normalized spacial score (nSPS) is 11.2. The van der Waals surface area contributed by atoms with Crippen molar-refractivity contribution < 1.29 is 14.0 Å². The molecule has 3 aromatic rings. The van der Waals surface area contributed by atoms with E-state index in [1.165, 1.54) is 6.92 Å². The van der Waals surface area contributed by atoms with Crippen molar-refractivity contribution in [1.82, 2.24) is 5.32 Å². The number of hydrogen-bond acceptors (Lipinski definition) is 6. The van der Waals surface area contributed by atoms with Crippen molar-refractivity contribution in [1.29, 1.82) is 5.26 Å². The van der Waals surface area contributed by atoms with Gasteiger partial charge >= 0.3 is 0 Å². The van der Waals surface area contributed by atoms with Crippen molar-refractivity contribution in [3.05, 3.63) is 65.2 Å². The Kier molecular flexibility index (Phi) is 6.28. The number of amides is 2. The Bertz CT molecular complexity index is 1200. The smallest absolute Gasteiger partial charge is 0.263 e. The van der Waals surface area contributed by atoms with E-state index in [0.717, 1.165) is 24.2 Å². The van der Waals surface area contributed by atoms with E-state index in [1.54, 1.807) is 30.3 Å². The first-order valence-electron chi connectivity index (χ1n) is 9.64. The number of fused-ring (bicyclic) bond motifs is 1. The van der Waals surface area contributed by atoms with Gasteiger partial charge in [0, 0.05) is 37.2 Å². The van der Waals surface area contributed by atoms with Crippen LogP contribution in [0.3, 0.4) is 0 Å². The monoisotopic (exact) mass is 402 g/mol. The van der Waals surface area contributed by atoms with Crippen molar-refractivity contribution in [2.45, 2.75) is 20.8 Å². The number of carbonyl (C=O) groups is 2. The van der Waals surface area contributed by atoms with E-state index in [-0.39, 0.29) is 11.1 Å². The summed E-state index contributed by atoms with van der Waals surface area (Å²) in [5.41, 5.74) is 2.84. The topological polar surface area (TPSA) is 98.7 Å². The first-order valence-corrected chi connectivity index (χ1v) is 9.64. The predicted octanol–water partition coefficient (Wildman–Crippen LogP) is 3.66. The highest BCUT2D eigenvalue weighted by atomic mass is 16.3. The lowest BCUT2D eigenvalue weighted by molar-refractivity contribution is -0.118. The number of nitrogens with zero attached hydrogens (tertiary/aromatic N) is 3. The molecule has 0 unspecified atom stereocenters. The van der Waals surface area contributed by atoms with Crippen molar-refractivity contribution in [2.75, 3.05) is 18.0 Å². The fourth-order valence-electron chi connectivity index (χ4n) is 3.09. The van der Waals surface area contributed by atoms with E-state index in [9.17, 15) is 9.59 Å². The third-order valence-corrected chi connectivity index (χ3v) is 4.62. The third kappa shape index (κ3) is 4.55. The molecule has 1 N–H and O–H groups in total. The Hall–Kier alpha value is -3.92. The molecule has 30 heavy (non-hydrogen) atoms. The van der Waals surface area contributed by atoms with Gasteiger partial charge in [-0.1, -0.05) is 0 Å². The van der Waals surface area contributed by atoms with E-state index in [0.29, 0.717) is 16.8 Å². The lowest BCUT2D eigenvalue weighted by Gasteiger charge is -2.21. The van der Waals surface area contributed by atoms with Gasteiger partial charge in [-0.3, -0.25) is 14.9 Å². The van der Waals surface area contributed by atoms with Crippen LogP contribution >= 0.6 is 0 Å². The number of carbonyl (C=O) groups excluding carboxylic acids is 2. The van der Waals surface area contributed by atoms with Crippen molar-refractivity contribution in [2.24, 2.45) is 4.99 Å². The first-order chi connectivity index (χ1) is 14.4. The summed E-state index contributed by atoms with van der Waals surface area (Å²) < 4.78 is 6.01. The summed E-state index contributed by atoms with van der Waals surface area (Å²) in [4.78, 5) is 30.6. The standard InChI is InChI=1S/C23H22N4O3/c1-4-27(5-2)19-11-8-17-12-20(22(29)25-15(3)28)23(30-21(17)13-19)26-18-9-6-16(14-24)7-10-18/h6-13H,4-5H2,1-3H3,(H,25,28,29). The fraction of sp³-hybridized carbons (Fsp3) is 0.217. The van der Waals surface area contributed by atoms with Crippen LogP contribution in [0.15, 0.2) is 57.9 Å². The van der Waals surface area contributed by atoms with Crippen LogP contribution in [0.4, 0.5) is 11.4 Å². The number of nitrogens with one attached hydrogen (secondary N) is 1. The summed E-state index contributed by atoms with van der Waals surface area (Å²) in [5, 5.41) is 11.9. The fourth-order valence-corrected chi connectivity index (χ4v) is 3.09. The third-order valence-electron chi connectivity index (χ3n) is 4.62. The maximum absolute atomic E-state index is 12.6. The molecule has 1 aromatic heterocycles.